The Labute approximate surface area is 180 Å². The number of nitrogens with zero attached hydrogens (tertiary/aromatic N) is 1. The van der Waals surface area contributed by atoms with E-state index in [-0.39, 0.29) is 0 Å². The van der Waals surface area contributed by atoms with Crippen molar-refractivity contribution in [3.63, 3.8) is 0 Å². The molecule has 0 saturated carbocycles. The van der Waals surface area contributed by atoms with Gasteiger partial charge in [-0.05, 0) is 47.2 Å². The standard InChI is InChI=1S/C30H21N/c1-2-8-20(9-3-1)21-16-18-22(19-17-21)23-11-7-15-28-29(23)26-13-6-12-25-24-10-4-5-14-27(24)31(28)30(25)26/h1-2,4-8,10-19H,3,9H2. The van der Waals surface area contributed by atoms with Crippen molar-refractivity contribution in [3.05, 3.63) is 109 Å². The summed E-state index contributed by atoms with van der Waals surface area (Å²) in [5.41, 5.74) is 9.26. The van der Waals surface area contributed by atoms with Crippen LogP contribution in [0.5, 0.6) is 0 Å². The lowest BCUT2D eigenvalue weighted by Crippen LogP contribution is -1.88. The largest absolute Gasteiger partial charge is 0.308 e. The minimum absolute atomic E-state index is 1.13. The fourth-order valence-electron chi connectivity index (χ4n) is 5.43. The highest BCUT2D eigenvalue weighted by Crippen LogP contribution is 2.42. The van der Waals surface area contributed by atoms with Crippen LogP contribution in [0.3, 0.4) is 0 Å². The molecule has 4 aromatic carbocycles. The molecule has 2 aromatic heterocycles. The van der Waals surface area contributed by atoms with Crippen molar-refractivity contribution in [2.24, 2.45) is 0 Å². The highest BCUT2D eigenvalue weighted by atomic mass is 14.9. The van der Waals surface area contributed by atoms with Gasteiger partial charge in [0.2, 0.25) is 0 Å². The van der Waals surface area contributed by atoms with Gasteiger partial charge in [0.05, 0.1) is 16.6 Å². The fraction of sp³-hybridized carbons (Fsp3) is 0.0667. The van der Waals surface area contributed by atoms with Crippen molar-refractivity contribution in [1.29, 1.82) is 0 Å². The summed E-state index contributed by atoms with van der Waals surface area (Å²) in [5, 5.41) is 5.35. The van der Waals surface area contributed by atoms with Gasteiger partial charge in [-0.2, -0.15) is 0 Å². The monoisotopic (exact) mass is 395 g/mol. The molecule has 1 heteroatoms. The second-order valence-corrected chi connectivity index (χ2v) is 8.49. The molecule has 0 radical (unpaired) electrons. The van der Waals surface area contributed by atoms with Crippen molar-refractivity contribution >= 4 is 43.7 Å². The number of hydrogen-bond donors (Lipinski definition) is 0. The van der Waals surface area contributed by atoms with Gasteiger partial charge in [-0.15, -0.1) is 0 Å². The highest BCUT2D eigenvalue weighted by Gasteiger charge is 2.19. The third kappa shape index (κ3) is 2.32. The van der Waals surface area contributed by atoms with Crippen molar-refractivity contribution in [2.45, 2.75) is 12.8 Å². The predicted octanol–water partition coefficient (Wildman–Crippen LogP) is 8.24. The van der Waals surface area contributed by atoms with E-state index >= 15 is 0 Å². The van der Waals surface area contributed by atoms with Crippen molar-refractivity contribution in [3.8, 4) is 11.1 Å². The summed E-state index contributed by atoms with van der Waals surface area (Å²) in [4.78, 5) is 0. The molecule has 0 aliphatic heterocycles. The van der Waals surface area contributed by atoms with Gasteiger partial charge in [0.1, 0.15) is 0 Å². The average molecular weight is 396 g/mol. The van der Waals surface area contributed by atoms with Crippen LogP contribution in [0.15, 0.2) is 103 Å². The lowest BCUT2D eigenvalue weighted by Gasteiger charge is -2.11. The summed E-state index contributed by atoms with van der Waals surface area (Å²) < 4.78 is 2.45. The number of fused-ring (bicyclic) bond motifs is 6. The molecule has 1 aliphatic rings. The Morgan fingerprint density at radius 2 is 1.35 bits per heavy atom. The van der Waals surface area contributed by atoms with Crippen LogP contribution in [0.1, 0.15) is 18.4 Å². The molecule has 0 amide bonds. The Morgan fingerprint density at radius 3 is 2.23 bits per heavy atom. The number of benzene rings is 4. The van der Waals surface area contributed by atoms with Crippen molar-refractivity contribution in [2.75, 3.05) is 0 Å². The molecule has 1 nitrogen and oxygen atoms in total. The van der Waals surface area contributed by atoms with Gasteiger partial charge in [-0.25, -0.2) is 0 Å². The van der Waals surface area contributed by atoms with Crippen LogP contribution in [0.25, 0.3) is 54.8 Å². The Hall–Kier alpha value is -3.84. The molecule has 0 saturated heterocycles. The molecular weight excluding hydrogens is 374 g/mol. The van der Waals surface area contributed by atoms with Gasteiger partial charge >= 0.3 is 0 Å². The van der Waals surface area contributed by atoms with Crippen LogP contribution >= 0.6 is 0 Å². The predicted molar refractivity (Wildman–Crippen MR) is 133 cm³/mol. The summed E-state index contributed by atoms with van der Waals surface area (Å²) in [6, 6.07) is 31.4. The van der Waals surface area contributed by atoms with Crippen LogP contribution in [0.2, 0.25) is 0 Å². The van der Waals surface area contributed by atoms with E-state index in [0.717, 1.165) is 12.8 Å². The smallest absolute Gasteiger partial charge is 0.0620 e. The second-order valence-electron chi connectivity index (χ2n) is 8.49. The SMILES string of the molecule is C1=CCCC(c2ccc(-c3cccc4c3c3cccc5c6ccccc6n4c53)cc2)=C1. The molecule has 7 rings (SSSR count). The number of allylic oxidation sites excluding steroid dienone is 4. The molecule has 0 atom stereocenters. The zero-order valence-electron chi connectivity index (χ0n) is 17.2. The van der Waals surface area contributed by atoms with Crippen LogP contribution < -0.4 is 0 Å². The lowest BCUT2D eigenvalue weighted by molar-refractivity contribution is 1.05. The fourth-order valence-corrected chi connectivity index (χ4v) is 5.43. The normalized spacial score (nSPS) is 14.3. The van der Waals surface area contributed by atoms with Gasteiger partial charge in [0, 0.05) is 21.5 Å². The number of aromatic nitrogens is 1. The van der Waals surface area contributed by atoms with Gasteiger partial charge < -0.3 is 4.40 Å². The summed E-state index contributed by atoms with van der Waals surface area (Å²) in [7, 11) is 0. The first-order chi connectivity index (χ1) is 15.4. The minimum atomic E-state index is 1.13. The number of rotatable bonds is 2. The van der Waals surface area contributed by atoms with Crippen LogP contribution in [-0.2, 0) is 0 Å². The van der Waals surface area contributed by atoms with E-state index in [1.165, 1.54) is 60.4 Å². The van der Waals surface area contributed by atoms with Crippen molar-refractivity contribution < 1.29 is 0 Å². The van der Waals surface area contributed by atoms with E-state index in [1.54, 1.807) is 0 Å². The van der Waals surface area contributed by atoms with Gasteiger partial charge in [-0.3, -0.25) is 0 Å². The first kappa shape index (κ1) is 16.9. The van der Waals surface area contributed by atoms with Crippen LogP contribution in [-0.4, -0.2) is 4.40 Å². The number of para-hydroxylation sites is 2. The molecule has 1 aliphatic carbocycles. The van der Waals surface area contributed by atoms with E-state index in [9.17, 15) is 0 Å². The lowest BCUT2D eigenvalue weighted by atomic mass is 9.94. The van der Waals surface area contributed by atoms with Crippen molar-refractivity contribution in [1.82, 2.24) is 4.40 Å². The summed E-state index contributed by atoms with van der Waals surface area (Å²) in [6.07, 6.45) is 8.93. The maximum atomic E-state index is 2.45. The van der Waals surface area contributed by atoms with E-state index in [4.69, 9.17) is 0 Å². The first-order valence-electron chi connectivity index (χ1n) is 11.0. The average Bonchev–Trinajstić information content (AvgIpc) is 3.37. The first-order valence-corrected chi connectivity index (χ1v) is 11.0. The third-order valence-electron chi connectivity index (χ3n) is 6.83. The maximum absolute atomic E-state index is 2.45. The summed E-state index contributed by atoms with van der Waals surface area (Å²) in [5.74, 6) is 0. The maximum Gasteiger partial charge on any atom is 0.0620 e. The molecule has 31 heavy (non-hydrogen) atoms. The zero-order chi connectivity index (χ0) is 20.4. The Balaban J connectivity index is 1.51. The molecule has 0 spiro atoms. The molecule has 0 bridgehead atoms. The van der Waals surface area contributed by atoms with Crippen LogP contribution in [0, 0.1) is 0 Å². The number of hydrogen-bond acceptors (Lipinski definition) is 0. The summed E-state index contributed by atoms with van der Waals surface area (Å²) in [6.45, 7) is 0. The topological polar surface area (TPSA) is 4.41 Å². The second kappa shape index (κ2) is 6.33. The Morgan fingerprint density at radius 1 is 0.613 bits per heavy atom. The van der Waals surface area contributed by atoms with E-state index in [2.05, 4.69) is 108 Å². The third-order valence-corrected chi connectivity index (χ3v) is 6.83. The molecular formula is C30H21N. The van der Waals surface area contributed by atoms with E-state index in [1.807, 2.05) is 0 Å². The molecule has 6 aromatic rings. The minimum Gasteiger partial charge on any atom is -0.308 e. The summed E-state index contributed by atoms with van der Waals surface area (Å²) >= 11 is 0. The molecule has 0 unspecified atom stereocenters. The highest BCUT2D eigenvalue weighted by molar-refractivity contribution is 6.25. The molecule has 0 fully saturated rings. The Kier molecular flexibility index (Phi) is 3.45. The van der Waals surface area contributed by atoms with Gasteiger partial charge in [0.15, 0.2) is 0 Å². The van der Waals surface area contributed by atoms with Gasteiger partial charge in [-0.1, -0.05) is 91.0 Å². The van der Waals surface area contributed by atoms with Crippen LogP contribution in [0.4, 0.5) is 0 Å². The zero-order valence-corrected chi connectivity index (χ0v) is 17.2. The Bertz CT molecular complexity index is 1660. The molecule has 2 heterocycles. The molecule has 0 N–H and O–H groups in total. The van der Waals surface area contributed by atoms with Gasteiger partial charge in [0.25, 0.3) is 0 Å². The van der Waals surface area contributed by atoms with E-state index < -0.39 is 0 Å². The molecule has 146 valence electrons. The van der Waals surface area contributed by atoms with E-state index in [0.29, 0.717) is 0 Å². The quantitative estimate of drug-likeness (QED) is 0.278.